The minimum atomic E-state index is -0.582. The lowest BCUT2D eigenvalue weighted by Gasteiger charge is -2.23. The third-order valence-corrected chi connectivity index (χ3v) is 4.43. The lowest BCUT2D eigenvalue weighted by molar-refractivity contribution is -0.124. The molecular formula is C18H26N2O3. The Balaban J connectivity index is 1.92. The van der Waals surface area contributed by atoms with Gasteiger partial charge in [0.2, 0.25) is 5.91 Å². The number of carbonyl (C=O) groups is 2. The van der Waals surface area contributed by atoms with E-state index < -0.39 is 6.04 Å². The molecule has 0 spiro atoms. The highest BCUT2D eigenvalue weighted by atomic mass is 16.3. The van der Waals surface area contributed by atoms with Crippen LogP contribution in [0.3, 0.4) is 0 Å². The summed E-state index contributed by atoms with van der Waals surface area (Å²) in [5.74, 6) is -0.337. The van der Waals surface area contributed by atoms with Crippen LogP contribution in [-0.4, -0.2) is 35.6 Å². The quantitative estimate of drug-likeness (QED) is 0.747. The van der Waals surface area contributed by atoms with Crippen LogP contribution in [0.25, 0.3) is 0 Å². The first-order valence-electron chi connectivity index (χ1n) is 8.30. The fraction of sp³-hybridized carbons (Fsp3) is 0.556. The van der Waals surface area contributed by atoms with Gasteiger partial charge in [-0.2, -0.15) is 0 Å². The molecule has 23 heavy (non-hydrogen) atoms. The van der Waals surface area contributed by atoms with Crippen LogP contribution < -0.4 is 10.6 Å². The lowest BCUT2D eigenvalue weighted by atomic mass is 10.0. The van der Waals surface area contributed by atoms with E-state index in [0.717, 1.165) is 19.3 Å². The van der Waals surface area contributed by atoms with Gasteiger partial charge in [0.1, 0.15) is 6.04 Å². The lowest BCUT2D eigenvalue weighted by Crippen LogP contribution is -2.50. The maximum absolute atomic E-state index is 12.4. The summed E-state index contributed by atoms with van der Waals surface area (Å²) in [4.78, 5) is 24.7. The molecule has 5 nitrogen and oxygen atoms in total. The van der Waals surface area contributed by atoms with Gasteiger partial charge in [0.05, 0.1) is 6.10 Å². The van der Waals surface area contributed by atoms with Crippen molar-refractivity contribution in [1.82, 2.24) is 10.6 Å². The number of aliphatic hydroxyl groups is 1. The summed E-state index contributed by atoms with van der Waals surface area (Å²) < 4.78 is 0. The van der Waals surface area contributed by atoms with Crippen molar-refractivity contribution in [2.45, 2.75) is 45.3 Å². The minimum Gasteiger partial charge on any atom is -0.393 e. The molecule has 1 aromatic carbocycles. The second-order valence-electron chi connectivity index (χ2n) is 6.56. The second-order valence-corrected chi connectivity index (χ2v) is 6.56. The van der Waals surface area contributed by atoms with Gasteiger partial charge in [-0.05, 0) is 30.9 Å². The topological polar surface area (TPSA) is 78.4 Å². The van der Waals surface area contributed by atoms with Crippen molar-refractivity contribution in [2.75, 3.05) is 6.54 Å². The summed E-state index contributed by atoms with van der Waals surface area (Å²) in [6.07, 6.45) is 2.41. The van der Waals surface area contributed by atoms with E-state index in [4.69, 9.17) is 0 Å². The Morgan fingerprint density at radius 1 is 1.22 bits per heavy atom. The molecule has 3 N–H and O–H groups in total. The Hall–Kier alpha value is -1.88. The molecular weight excluding hydrogens is 292 g/mol. The summed E-state index contributed by atoms with van der Waals surface area (Å²) in [6, 6.07) is 8.29. The van der Waals surface area contributed by atoms with E-state index in [1.54, 1.807) is 24.3 Å². The molecule has 0 saturated heterocycles. The van der Waals surface area contributed by atoms with Gasteiger partial charge < -0.3 is 15.7 Å². The number of aliphatic hydroxyl groups excluding tert-OH is 1. The highest BCUT2D eigenvalue weighted by Gasteiger charge is 2.28. The van der Waals surface area contributed by atoms with E-state index in [1.807, 2.05) is 19.9 Å². The molecule has 5 heteroatoms. The van der Waals surface area contributed by atoms with Crippen LogP contribution in [0.5, 0.6) is 0 Å². The van der Waals surface area contributed by atoms with Crippen LogP contribution in [0, 0.1) is 11.8 Å². The minimum absolute atomic E-state index is 0.0174. The molecule has 1 aliphatic carbocycles. The number of amides is 2. The highest BCUT2D eigenvalue weighted by molar-refractivity contribution is 5.97. The zero-order chi connectivity index (χ0) is 16.8. The Kier molecular flexibility index (Phi) is 6.16. The number of nitrogens with one attached hydrogen (secondary N) is 2. The van der Waals surface area contributed by atoms with Gasteiger partial charge in [-0.25, -0.2) is 0 Å². The molecule has 3 atom stereocenters. The number of rotatable bonds is 6. The predicted octanol–water partition coefficient (Wildman–Crippen LogP) is 1.72. The van der Waals surface area contributed by atoms with Crippen molar-refractivity contribution >= 4 is 11.8 Å². The zero-order valence-electron chi connectivity index (χ0n) is 13.8. The van der Waals surface area contributed by atoms with E-state index in [1.165, 1.54) is 0 Å². The Morgan fingerprint density at radius 2 is 1.91 bits per heavy atom. The van der Waals surface area contributed by atoms with Gasteiger partial charge in [0.15, 0.2) is 0 Å². The normalized spacial score (nSPS) is 21.9. The van der Waals surface area contributed by atoms with Gasteiger partial charge >= 0.3 is 0 Å². The molecule has 3 unspecified atom stereocenters. The van der Waals surface area contributed by atoms with Gasteiger partial charge in [-0.15, -0.1) is 0 Å². The predicted molar refractivity (Wildman–Crippen MR) is 88.9 cm³/mol. The summed E-state index contributed by atoms with van der Waals surface area (Å²) in [5, 5.41) is 15.5. The van der Waals surface area contributed by atoms with Gasteiger partial charge in [0, 0.05) is 18.0 Å². The smallest absolute Gasteiger partial charge is 0.251 e. The van der Waals surface area contributed by atoms with E-state index >= 15 is 0 Å². The van der Waals surface area contributed by atoms with Crippen molar-refractivity contribution in [3.05, 3.63) is 35.9 Å². The fourth-order valence-electron chi connectivity index (χ4n) is 2.95. The highest BCUT2D eigenvalue weighted by Crippen LogP contribution is 2.24. The molecule has 1 aromatic rings. The molecule has 0 heterocycles. The van der Waals surface area contributed by atoms with Crippen LogP contribution in [0.2, 0.25) is 0 Å². The number of carbonyl (C=O) groups excluding carboxylic acids is 2. The average molecular weight is 318 g/mol. The van der Waals surface area contributed by atoms with E-state index in [9.17, 15) is 14.7 Å². The molecule has 1 aliphatic rings. The molecule has 0 bridgehead atoms. The van der Waals surface area contributed by atoms with Crippen LogP contribution in [0.1, 0.15) is 43.5 Å². The third kappa shape index (κ3) is 4.79. The zero-order valence-corrected chi connectivity index (χ0v) is 13.8. The molecule has 0 aliphatic heterocycles. The Bertz CT molecular complexity index is 530. The summed E-state index contributed by atoms with van der Waals surface area (Å²) in [7, 11) is 0. The average Bonchev–Trinajstić information content (AvgIpc) is 2.95. The largest absolute Gasteiger partial charge is 0.393 e. The molecule has 1 fully saturated rings. The van der Waals surface area contributed by atoms with Crippen LogP contribution >= 0.6 is 0 Å². The fourth-order valence-corrected chi connectivity index (χ4v) is 2.95. The first-order valence-corrected chi connectivity index (χ1v) is 8.30. The molecule has 1 saturated carbocycles. The Morgan fingerprint density at radius 3 is 2.48 bits per heavy atom. The summed E-state index contributed by atoms with van der Waals surface area (Å²) in [6.45, 7) is 4.27. The maximum atomic E-state index is 12.4. The Labute approximate surface area is 137 Å². The SMILES string of the molecule is CC(C)C(NC(=O)c1ccccc1)C(=O)NCC1CCCC1O. The van der Waals surface area contributed by atoms with Crippen molar-refractivity contribution in [3.63, 3.8) is 0 Å². The van der Waals surface area contributed by atoms with Crippen LogP contribution in [-0.2, 0) is 4.79 Å². The molecule has 0 radical (unpaired) electrons. The first-order chi connectivity index (χ1) is 11.0. The third-order valence-electron chi connectivity index (χ3n) is 4.43. The summed E-state index contributed by atoms with van der Waals surface area (Å²) in [5.41, 5.74) is 0.539. The number of benzene rings is 1. The van der Waals surface area contributed by atoms with E-state index in [2.05, 4.69) is 10.6 Å². The van der Waals surface area contributed by atoms with Gasteiger partial charge in [-0.1, -0.05) is 38.5 Å². The molecule has 0 aromatic heterocycles. The van der Waals surface area contributed by atoms with Crippen molar-refractivity contribution in [2.24, 2.45) is 11.8 Å². The standard InChI is InChI=1S/C18H26N2O3/c1-12(2)16(20-17(22)13-7-4-3-5-8-13)18(23)19-11-14-9-6-10-15(14)21/h3-5,7-8,12,14-16,21H,6,9-11H2,1-2H3,(H,19,23)(H,20,22). The molecule has 126 valence electrons. The monoisotopic (exact) mass is 318 g/mol. The van der Waals surface area contributed by atoms with E-state index in [-0.39, 0.29) is 29.8 Å². The molecule has 2 amide bonds. The van der Waals surface area contributed by atoms with Crippen molar-refractivity contribution in [1.29, 1.82) is 0 Å². The maximum Gasteiger partial charge on any atom is 0.251 e. The number of hydrogen-bond acceptors (Lipinski definition) is 3. The second kappa shape index (κ2) is 8.11. The molecule has 2 rings (SSSR count). The van der Waals surface area contributed by atoms with Crippen LogP contribution in [0.4, 0.5) is 0 Å². The number of hydrogen-bond donors (Lipinski definition) is 3. The first kappa shape index (κ1) is 17.5. The van der Waals surface area contributed by atoms with Gasteiger partial charge in [0.25, 0.3) is 5.91 Å². The van der Waals surface area contributed by atoms with E-state index in [0.29, 0.717) is 12.1 Å². The van der Waals surface area contributed by atoms with Gasteiger partial charge in [-0.3, -0.25) is 9.59 Å². The summed E-state index contributed by atoms with van der Waals surface area (Å²) >= 11 is 0. The van der Waals surface area contributed by atoms with Crippen LogP contribution in [0.15, 0.2) is 30.3 Å². The van der Waals surface area contributed by atoms with Crippen molar-refractivity contribution < 1.29 is 14.7 Å². The van der Waals surface area contributed by atoms with Crippen molar-refractivity contribution in [3.8, 4) is 0 Å².